The van der Waals surface area contributed by atoms with Crippen molar-refractivity contribution in [3.8, 4) is 16.9 Å². The predicted octanol–water partition coefficient (Wildman–Crippen LogP) is 6.68. The maximum atomic E-state index is 14.0. The molecular formula is C30H32FNO5S. The van der Waals surface area contributed by atoms with Crippen LogP contribution in [0.3, 0.4) is 0 Å². The second kappa shape index (κ2) is 11.6. The zero-order valence-corrected chi connectivity index (χ0v) is 22.7. The molecule has 0 aliphatic heterocycles. The lowest BCUT2D eigenvalue weighted by molar-refractivity contribution is -0.136. The second-order valence-corrected chi connectivity index (χ2v) is 12.3. The topological polar surface area (TPSA) is 94.8 Å². The predicted molar refractivity (Wildman–Crippen MR) is 148 cm³/mol. The van der Waals surface area contributed by atoms with Gasteiger partial charge in [-0.1, -0.05) is 30.3 Å². The highest BCUT2D eigenvalue weighted by Crippen LogP contribution is 2.34. The van der Waals surface area contributed by atoms with E-state index >= 15 is 0 Å². The minimum atomic E-state index is -1.43. The van der Waals surface area contributed by atoms with Gasteiger partial charge < -0.3 is 18.8 Å². The second-order valence-electron chi connectivity index (χ2n) is 10.3. The van der Waals surface area contributed by atoms with Crippen LogP contribution in [0.25, 0.3) is 22.1 Å². The first kappa shape index (κ1) is 27.7. The highest BCUT2D eigenvalue weighted by atomic mass is 32.2. The molecule has 0 saturated carbocycles. The van der Waals surface area contributed by atoms with E-state index in [-0.39, 0.29) is 13.0 Å². The molecule has 0 aliphatic carbocycles. The van der Waals surface area contributed by atoms with Crippen molar-refractivity contribution < 1.29 is 28.0 Å². The number of aliphatic carboxylic acids is 1. The van der Waals surface area contributed by atoms with E-state index in [0.29, 0.717) is 22.5 Å². The summed E-state index contributed by atoms with van der Waals surface area (Å²) < 4.78 is 40.9. The fourth-order valence-corrected chi connectivity index (χ4v) is 4.94. The molecule has 0 saturated heterocycles. The van der Waals surface area contributed by atoms with Crippen molar-refractivity contribution in [1.29, 1.82) is 0 Å². The Morgan fingerprint density at radius 1 is 1.16 bits per heavy atom. The number of nitrogens with one attached hydrogen (secondary N) is 1. The number of carboxylic acid groups (broad SMARTS) is 1. The van der Waals surface area contributed by atoms with Gasteiger partial charge in [-0.15, -0.1) is 4.72 Å². The van der Waals surface area contributed by atoms with Crippen molar-refractivity contribution >= 4 is 28.3 Å². The van der Waals surface area contributed by atoms with Crippen LogP contribution in [-0.4, -0.2) is 27.1 Å². The summed E-state index contributed by atoms with van der Waals surface area (Å²) in [6.07, 6.45) is 1.49. The van der Waals surface area contributed by atoms with Gasteiger partial charge in [-0.25, -0.2) is 4.39 Å². The molecule has 38 heavy (non-hydrogen) atoms. The lowest BCUT2D eigenvalue weighted by Crippen LogP contribution is -2.41. The number of aryl methyl sites for hydroxylation is 1. The molecule has 200 valence electrons. The van der Waals surface area contributed by atoms with E-state index in [0.717, 1.165) is 27.6 Å². The van der Waals surface area contributed by atoms with Crippen molar-refractivity contribution in [1.82, 2.24) is 4.72 Å². The molecule has 0 unspecified atom stereocenters. The number of alkyl halides is 1. The van der Waals surface area contributed by atoms with Crippen LogP contribution in [0, 0.1) is 6.92 Å². The molecule has 0 aliphatic rings. The van der Waals surface area contributed by atoms with Gasteiger partial charge >= 0.3 is 5.97 Å². The van der Waals surface area contributed by atoms with E-state index in [9.17, 15) is 18.8 Å². The van der Waals surface area contributed by atoms with E-state index in [2.05, 4.69) is 4.72 Å². The minimum absolute atomic E-state index is 0.127. The zero-order valence-electron chi connectivity index (χ0n) is 21.9. The number of ether oxygens (including phenoxy) is 1. The molecule has 6 nitrogen and oxygen atoms in total. The largest absolute Gasteiger partial charge is 0.598 e. The summed E-state index contributed by atoms with van der Waals surface area (Å²) in [5, 5.41) is 10.1. The number of fused-ring (bicyclic) bond motifs is 1. The summed E-state index contributed by atoms with van der Waals surface area (Å²) in [5.74, 6) is -0.389. The van der Waals surface area contributed by atoms with Crippen molar-refractivity contribution in [2.75, 3.05) is 6.67 Å². The summed E-state index contributed by atoms with van der Waals surface area (Å²) in [5.41, 5.74) is 5.47. The normalized spacial score (nSPS) is 13.4. The molecule has 8 heteroatoms. The van der Waals surface area contributed by atoms with Crippen LogP contribution in [0.5, 0.6) is 5.75 Å². The third-order valence-corrected chi connectivity index (χ3v) is 7.74. The SMILES string of the molecule is Cc1ccc(CC(=O)O)c(OCc2cc(-c3cccc([C@H](CF)N[S@+]([O-])C(C)(C)C)c3)c3occc3c2)c1. The van der Waals surface area contributed by atoms with Crippen LogP contribution >= 0.6 is 0 Å². The first-order valence-electron chi connectivity index (χ1n) is 12.3. The maximum Gasteiger partial charge on any atom is 0.307 e. The van der Waals surface area contributed by atoms with E-state index in [4.69, 9.17) is 9.15 Å². The van der Waals surface area contributed by atoms with Crippen LogP contribution in [0.4, 0.5) is 4.39 Å². The molecule has 0 amide bonds. The fourth-order valence-electron chi connectivity index (χ4n) is 4.13. The molecule has 0 bridgehead atoms. The number of hydrogen-bond acceptors (Lipinski definition) is 5. The monoisotopic (exact) mass is 537 g/mol. The Kier molecular flexibility index (Phi) is 8.45. The zero-order chi connectivity index (χ0) is 27.4. The van der Waals surface area contributed by atoms with Crippen molar-refractivity contribution in [2.24, 2.45) is 0 Å². The Morgan fingerprint density at radius 3 is 2.66 bits per heavy atom. The first-order chi connectivity index (χ1) is 18.0. The summed E-state index contributed by atoms with van der Waals surface area (Å²) in [6, 6.07) is 18.0. The van der Waals surface area contributed by atoms with Gasteiger partial charge in [-0.05, 0) is 80.3 Å². The Hall–Kier alpha value is -3.33. The number of furan rings is 1. The number of halogens is 1. The summed E-state index contributed by atoms with van der Waals surface area (Å²) in [6.45, 7) is 6.96. The molecule has 0 spiro atoms. The van der Waals surface area contributed by atoms with Crippen LogP contribution in [0.2, 0.25) is 0 Å². The Labute approximate surface area is 225 Å². The van der Waals surface area contributed by atoms with Crippen LogP contribution in [-0.2, 0) is 29.2 Å². The number of rotatable bonds is 10. The van der Waals surface area contributed by atoms with Gasteiger partial charge in [0.2, 0.25) is 0 Å². The third kappa shape index (κ3) is 6.56. The van der Waals surface area contributed by atoms with Crippen LogP contribution < -0.4 is 9.46 Å². The van der Waals surface area contributed by atoms with Gasteiger partial charge in [-0.3, -0.25) is 4.79 Å². The fraction of sp³-hybridized carbons (Fsp3) is 0.300. The molecule has 2 atom stereocenters. The van der Waals surface area contributed by atoms with Gasteiger partial charge in [0.25, 0.3) is 0 Å². The lowest BCUT2D eigenvalue weighted by Gasteiger charge is -2.27. The van der Waals surface area contributed by atoms with Gasteiger partial charge in [-0.2, -0.15) is 0 Å². The maximum absolute atomic E-state index is 14.0. The highest BCUT2D eigenvalue weighted by molar-refractivity contribution is 7.90. The molecule has 4 rings (SSSR count). The Bertz CT molecular complexity index is 1430. The van der Waals surface area contributed by atoms with Gasteiger partial charge in [0.05, 0.1) is 12.7 Å². The molecule has 0 radical (unpaired) electrons. The third-order valence-electron chi connectivity index (χ3n) is 6.13. The van der Waals surface area contributed by atoms with Crippen molar-refractivity contribution in [2.45, 2.75) is 51.5 Å². The number of hydrogen-bond donors (Lipinski definition) is 2. The standard InChI is InChI=1S/C30H32FNO5S/c1-19-8-9-23(16-28(33)34)27(12-19)37-18-20-13-24-10-11-36-29(24)25(14-20)21-6-5-7-22(15-21)26(17-31)32-38(35)30(2,3)4/h5-15,26,32H,16-18H2,1-4H3,(H,33,34)/t26-,38+/m0/s1. The number of carbonyl (C=O) groups is 1. The molecule has 1 heterocycles. The van der Waals surface area contributed by atoms with Crippen LogP contribution in [0.15, 0.2) is 71.3 Å². The average molecular weight is 538 g/mol. The van der Waals surface area contributed by atoms with E-state index in [1.54, 1.807) is 12.3 Å². The summed E-state index contributed by atoms with van der Waals surface area (Å²) >= 11 is -1.43. The smallest absolute Gasteiger partial charge is 0.307 e. The molecule has 4 aromatic rings. The quantitative estimate of drug-likeness (QED) is 0.219. The van der Waals surface area contributed by atoms with Gasteiger partial charge in [0, 0.05) is 27.9 Å². The molecule has 0 fully saturated rings. The van der Waals surface area contributed by atoms with Gasteiger partial charge in [0.15, 0.2) is 0 Å². The summed E-state index contributed by atoms with van der Waals surface area (Å²) in [7, 11) is 0. The molecule has 1 aromatic heterocycles. The minimum Gasteiger partial charge on any atom is -0.598 e. The van der Waals surface area contributed by atoms with Gasteiger partial charge in [0.1, 0.15) is 35.4 Å². The van der Waals surface area contributed by atoms with Crippen LogP contribution in [0.1, 0.15) is 49.1 Å². The first-order valence-corrected chi connectivity index (χ1v) is 13.5. The lowest BCUT2D eigenvalue weighted by atomic mass is 9.97. The van der Waals surface area contributed by atoms with E-state index < -0.39 is 34.8 Å². The highest BCUT2D eigenvalue weighted by Gasteiger charge is 2.30. The van der Waals surface area contributed by atoms with Crippen molar-refractivity contribution in [3.63, 3.8) is 0 Å². The molecule has 3 aromatic carbocycles. The molecular weight excluding hydrogens is 505 g/mol. The number of carboxylic acids is 1. The Balaban J connectivity index is 1.65. The van der Waals surface area contributed by atoms with E-state index in [1.807, 2.05) is 82.3 Å². The molecule has 2 N–H and O–H groups in total. The Morgan fingerprint density at radius 2 is 1.95 bits per heavy atom. The number of benzene rings is 3. The van der Waals surface area contributed by atoms with E-state index in [1.165, 1.54) is 0 Å². The summed E-state index contributed by atoms with van der Waals surface area (Å²) in [4.78, 5) is 11.3. The van der Waals surface area contributed by atoms with Crippen molar-refractivity contribution in [3.05, 3.63) is 89.2 Å². The average Bonchev–Trinajstić information content (AvgIpc) is 3.34.